The van der Waals surface area contributed by atoms with Gasteiger partial charge in [-0.15, -0.1) is 0 Å². The molecule has 0 aliphatic carbocycles. The second-order valence-electron chi connectivity index (χ2n) is 13.4. The van der Waals surface area contributed by atoms with Gasteiger partial charge >= 0.3 is 19.5 Å². The minimum Gasteiger partial charge on any atom is -0.481 e. The van der Waals surface area contributed by atoms with Crippen LogP contribution in [0.5, 0.6) is 0 Å². The SMILES string of the molecule is CCOP(=O)(OCC)[C@H](CCC(=O)O)NC(=O)c1ccc(N(C)Cc2cnc3nc(N)[nH]c(=O)c3n2)cc1.CN(Cc1cnc2nc(N)[nH]c(=O)c2n1)c1ccc(C(=O)O)cc1. The normalized spacial score (nSPS) is 11.7. The van der Waals surface area contributed by atoms with Gasteiger partial charge in [0.15, 0.2) is 22.3 Å². The summed E-state index contributed by atoms with van der Waals surface area (Å²) in [5, 5.41) is 20.6. The summed E-state index contributed by atoms with van der Waals surface area (Å²) >= 11 is 0. The van der Waals surface area contributed by atoms with E-state index in [1.165, 1.54) is 24.5 Å². The summed E-state index contributed by atoms with van der Waals surface area (Å²) in [6, 6.07) is 13.0. The van der Waals surface area contributed by atoms with Gasteiger partial charge in [0.25, 0.3) is 17.0 Å². The van der Waals surface area contributed by atoms with Gasteiger partial charge in [0, 0.05) is 37.5 Å². The average Bonchev–Trinajstić information content (AvgIpc) is 3.23. The van der Waals surface area contributed by atoms with Gasteiger partial charge in [-0.1, -0.05) is 0 Å². The third-order valence-electron chi connectivity index (χ3n) is 8.82. The zero-order chi connectivity index (χ0) is 45.1. The molecule has 326 valence electrons. The summed E-state index contributed by atoms with van der Waals surface area (Å²) < 4.78 is 23.9. The zero-order valence-electron chi connectivity index (χ0n) is 33.9. The number of nitrogens with zero attached hydrogens (tertiary/aromatic N) is 8. The van der Waals surface area contributed by atoms with Crippen molar-refractivity contribution in [3.05, 3.63) is 104 Å². The Balaban J connectivity index is 0.000000259. The van der Waals surface area contributed by atoms with Crippen molar-refractivity contribution in [2.45, 2.75) is 45.6 Å². The highest BCUT2D eigenvalue weighted by atomic mass is 31.2. The van der Waals surface area contributed by atoms with E-state index in [1.807, 2.05) is 16.8 Å². The van der Waals surface area contributed by atoms with Crippen molar-refractivity contribution in [2.75, 3.05) is 48.6 Å². The number of hydrogen-bond acceptors (Lipinski definition) is 18. The van der Waals surface area contributed by atoms with Crippen LogP contribution >= 0.6 is 7.60 Å². The standard InChI is InChI=1S/C23H30N7O7P.C15H14N6O3/c1-4-36-38(35,37-5-2)17(10-11-18(31)32)27-21(33)14-6-8-16(9-7-14)30(3)13-15-12-25-20-19(26-15)22(34)29-23(24)28-20;1-21(10-4-2-8(3-5-10)14(23)24)7-9-6-17-12-11(18-9)13(22)20-15(16)19-12/h6-9,12,17H,4-5,10-11,13H2,1-3H3,(H,27,33)(H,31,32)(H3,24,25,28,29,34);2-6H,7H2,1H3,(H,23,24)(H3,16,17,19,20,22)/t17-;/m1./s1. The van der Waals surface area contributed by atoms with Crippen LogP contribution in [0.25, 0.3) is 22.3 Å². The zero-order valence-corrected chi connectivity index (χ0v) is 34.8. The number of nitrogen functional groups attached to an aromatic ring is 2. The molecule has 0 saturated carbocycles. The number of carboxylic acid groups (broad SMARTS) is 2. The molecular formula is C38H44N13O10P. The number of hydrogen-bond donors (Lipinski definition) is 7. The number of benzene rings is 2. The molecule has 0 aliphatic rings. The molecule has 0 unspecified atom stereocenters. The lowest BCUT2D eigenvalue weighted by molar-refractivity contribution is -0.137. The van der Waals surface area contributed by atoms with Crippen LogP contribution in [0, 0.1) is 0 Å². The van der Waals surface area contributed by atoms with Crippen molar-refractivity contribution in [3.8, 4) is 0 Å². The number of aromatic carboxylic acids is 1. The van der Waals surface area contributed by atoms with E-state index in [1.54, 1.807) is 57.3 Å². The molecule has 62 heavy (non-hydrogen) atoms. The van der Waals surface area contributed by atoms with Gasteiger partial charge < -0.3 is 45.8 Å². The summed E-state index contributed by atoms with van der Waals surface area (Å²) in [5.41, 5.74) is 13.7. The maximum absolute atomic E-state index is 13.2. The number of carboxylic acids is 2. The number of fused-ring (bicyclic) bond motifs is 2. The Bertz CT molecular complexity index is 2720. The van der Waals surface area contributed by atoms with Crippen LogP contribution in [0.2, 0.25) is 0 Å². The lowest BCUT2D eigenvalue weighted by Gasteiger charge is -2.27. The van der Waals surface area contributed by atoms with E-state index in [0.717, 1.165) is 11.4 Å². The Labute approximate surface area is 352 Å². The number of nitrogens with two attached hydrogens (primary N) is 2. The van der Waals surface area contributed by atoms with Crippen LogP contribution in [0.4, 0.5) is 23.3 Å². The van der Waals surface area contributed by atoms with Crippen LogP contribution in [0.15, 0.2) is 70.5 Å². The smallest absolute Gasteiger partial charge is 0.352 e. The first kappa shape index (κ1) is 45.7. The van der Waals surface area contributed by atoms with Gasteiger partial charge in [-0.05, 0) is 68.8 Å². The Morgan fingerprint density at radius 2 is 1.18 bits per heavy atom. The molecule has 6 aromatic rings. The number of anilines is 4. The molecule has 4 heterocycles. The predicted molar refractivity (Wildman–Crippen MR) is 228 cm³/mol. The van der Waals surface area contributed by atoms with Gasteiger partial charge in [0.2, 0.25) is 11.9 Å². The average molecular weight is 874 g/mol. The molecule has 2 aromatic carbocycles. The second-order valence-corrected chi connectivity index (χ2v) is 15.6. The number of aromatic nitrogens is 8. The molecule has 0 fully saturated rings. The van der Waals surface area contributed by atoms with Gasteiger partial charge in [-0.25, -0.2) is 24.7 Å². The largest absolute Gasteiger partial charge is 0.481 e. The van der Waals surface area contributed by atoms with Gasteiger partial charge in [0.1, 0.15) is 5.78 Å². The quantitative estimate of drug-likeness (QED) is 0.0648. The van der Waals surface area contributed by atoms with E-state index in [-0.39, 0.29) is 71.4 Å². The molecule has 1 atom stereocenters. The molecule has 9 N–H and O–H groups in total. The number of H-pyrrole nitrogens is 2. The Hall–Kier alpha value is -7.36. The monoisotopic (exact) mass is 873 g/mol. The van der Waals surface area contributed by atoms with E-state index >= 15 is 0 Å². The predicted octanol–water partition coefficient (Wildman–Crippen LogP) is 2.75. The first-order chi connectivity index (χ1) is 29.5. The summed E-state index contributed by atoms with van der Waals surface area (Å²) in [6.45, 7) is 4.09. The van der Waals surface area contributed by atoms with Crippen LogP contribution < -0.4 is 37.7 Å². The Morgan fingerprint density at radius 3 is 1.58 bits per heavy atom. The number of nitrogens with one attached hydrogen (secondary N) is 3. The van der Waals surface area contributed by atoms with Crippen molar-refractivity contribution in [3.63, 3.8) is 0 Å². The minimum atomic E-state index is -3.80. The highest BCUT2D eigenvalue weighted by Gasteiger charge is 2.37. The molecule has 0 spiro atoms. The van der Waals surface area contributed by atoms with Crippen molar-refractivity contribution in [2.24, 2.45) is 0 Å². The van der Waals surface area contributed by atoms with E-state index in [4.69, 9.17) is 30.7 Å². The molecule has 24 heteroatoms. The second kappa shape index (κ2) is 20.3. The fourth-order valence-electron chi connectivity index (χ4n) is 5.87. The van der Waals surface area contributed by atoms with E-state index in [2.05, 4.69) is 45.2 Å². The van der Waals surface area contributed by atoms with Gasteiger partial charge in [0.05, 0.1) is 55.6 Å². The first-order valence-electron chi connectivity index (χ1n) is 18.8. The summed E-state index contributed by atoms with van der Waals surface area (Å²) in [4.78, 5) is 92.1. The van der Waals surface area contributed by atoms with Crippen molar-refractivity contribution in [1.29, 1.82) is 0 Å². The van der Waals surface area contributed by atoms with Gasteiger partial charge in [-0.3, -0.25) is 33.7 Å². The fourth-order valence-corrected chi connectivity index (χ4v) is 7.74. The number of carbonyl (C=O) groups excluding carboxylic acids is 1. The van der Waals surface area contributed by atoms with Crippen LogP contribution in [-0.4, -0.2) is 101 Å². The Kier molecular flexibility index (Phi) is 14.9. The molecular weight excluding hydrogens is 829 g/mol. The number of amides is 1. The molecule has 0 saturated heterocycles. The molecule has 0 bridgehead atoms. The summed E-state index contributed by atoms with van der Waals surface area (Å²) in [7, 11) is -0.174. The molecule has 23 nitrogen and oxygen atoms in total. The highest BCUT2D eigenvalue weighted by Crippen LogP contribution is 2.53. The molecule has 1 amide bonds. The summed E-state index contributed by atoms with van der Waals surface area (Å²) in [6.07, 6.45) is 2.57. The van der Waals surface area contributed by atoms with E-state index < -0.39 is 42.3 Å². The Morgan fingerprint density at radius 1 is 0.742 bits per heavy atom. The maximum atomic E-state index is 13.2. The lowest BCUT2D eigenvalue weighted by Crippen LogP contribution is -2.36. The minimum absolute atomic E-state index is 0.00908. The molecule has 6 rings (SSSR count). The molecule has 0 aliphatic heterocycles. The molecule has 0 radical (unpaired) electrons. The summed E-state index contributed by atoms with van der Waals surface area (Å²) in [5.74, 6) is -3.82. The number of aromatic amines is 2. The number of rotatable bonds is 17. The van der Waals surface area contributed by atoms with Crippen LogP contribution in [0.3, 0.4) is 0 Å². The van der Waals surface area contributed by atoms with Crippen molar-refractivity contribution in [1.82, 2.24) is 45.2 Å². The third-order valence-corrected chi connectivity index (χ3v) is 11.2. The van der Waals surface area contributed by atoms with Crippen molar-refractivity contribution >= 4 is 71.0 Å². The lowest BCUT2D eigenvalue weighted by atomic mass is 10.1. The molecule has 4 aromatic heterocycles. The van der Waals surface area contributed by atoms with E-state index in [0.29, 0.717) is 24.5 Å². The van der Waals surface area contributed by atoms with Gasteiger partial charge in [-0.2, -0.15) is 9.97 Å². The number of carbonyl (C=O) groups is 3. The van der Waals surface area contributed by atoms with E-state index in [9.17, 15) is 28.5 Å². The maximum Gasteiger partial charge on any atom is 0.352 e. The topological polar surface area (TPSA) is 341 Å². The van der Waals surface area contributed by atoms with Crippen LogP contribution in [-0.2, 0) is 31.5 Å². The third kappa shape index (κ3) is 11.7. The fraction of sp³-hybridized carbons (Fsp3) is 0.289. The first-order valence-corrected chi connectivity index (χ1v) is 20.4. The highest BCUT2D eigenvalue weighted by molar-refractivity contribution is 7.54. The van der Waals surface area contributed by atoms with Crippen molar-refractivity contribution < 1.29 is 38.2 Å². The number of aliphatic carboxylic acids is 1. The van der Waals surface area contributed by atoms with Crippen LogP contribution in [0.1, 0.15) is 58.8 Å².